The smallest absolute Gasteiger partial charge is 0.327 e. The summed E-state index contributed by atoms with van der Waals surface area (Å²) in [5.41, 5.74) is 0. The highest BCUT2D eigenvalue weighted by Crippen LogP contribution is 2.07. The summed E-state index contributed by atoms with van der Waals surface area (Å²) in [6.45, 7) is 6.62. The maximum absolute atomic E-state index is 10.0. The maximum Gasteiger partial charge on any atom is 0.327 e. The number of carboxylic acid groups (broad SMARTS) is 1. The molecule has 0 saturated carbocycles. The van der Waals surface area contributed by atoms with E-state index in [-0.39, 0.29) is 0 Å². The largest absolute Gasteiger partial charge is 0.478 e. The average molecular weight is 158 g/mol. The molecule has 0 atom stereocenters. The topological polar surface area (TPSA) is 37.3 Å². The van der Waals surface area contributed by atoms with Crippen LogP contribution in [0.5, 0.6) is 0 Å². The normalized spacial score (nSPS) is 12.3. The fourth-order valence-electron chi connectivity index (χ4n) is 0.513. The minimum absolute atomic E-state index is 0.849. The van der Waals surface area contributed by atoms with Crippen LogP contribution < -0.4 is 0 Å². The van der Waals surface area contributed by atoms with Crippen molar-refractivity contribution in [2.24, 2.45) is 0 Å². The molecule has 0 rings (SSSR count). The zero-order valence-electron chi connectivity index (χ0n) is 6.72. The second-order valence-electron chi connectivity index (χ2n) is 3.51. The van der Waals surface area contributed by atoms with E-state index in [0.29, 0.717) is 0 Å². The van der Waals surface area contributed by atoms with Crippen molar-refractivity contribution in [3.05, 3.63) is 12.2 Å². The Morgan fingerprint density at radius 1 is 1.50 bits per heavy atom. The van der Waals surface area contributed by atoms with Crippen LogP contribution in [0.1, 0.15) is 0 Å². The van der Waals surface area contributed by atoms with Gasteiger partial charge in [-0.1, -0.05) is 25.7 Å². The molecule has 0 aromatic heterocycles. The Bertz CT molecular complexity index is 144. The standard InChI is InChI=1S/C7H14O2Si/c1-10(2,3)6-4-5-7(8)9/h4-5H,6H2,1-3H3,(H,8,9)/b5-4+. The molecule has 0 aromatic rings. The first-order valence-corrected chi connectivity index (χ1v) is 7.02. The molecular weight excluding hydrogens is 144 g/mol. The van der Waals surface area contributed by atoms with E-state index in [1.807, 2.05) is 0 Å². The van der Waals surface area contributed by atoms with Crippen molar-refractivity contribution >= 4 is 14.0 Å². The third kappa shape index (κ3) is 7.43. The van der Waals surface area contributed by atoms with Crippen molar-refractivity contribution in [1.82, 2.24) is 0 Å². The van der Waals surface area contributed by atoms with E-state index in [9.17, 15) is 4.79 Å². The van der Waals surface area contributed by atoms with Crippen LogP contribution in [0.3, 0.4) is 0 Å². The zero-order chi connectivity index (χ0) is 8.20. The molecule has 0 aliphatic carbocycles. The number of carbonyl (C=O) groups is 1. The molecule has 0 heterocycles. The van der Waals surface area contributed by atoms with E-state index in [1.165, 1.54) is 6.08 Å². The van der Waals surface area contributed by atoms with Gasteiger partial charge < -0.3 is 5.11 Å². The van der Waals surface area contributed by atoms with Crippen LogP contribution in [0.4, 0.5) is 0 Å². The van der Waals surface area contributed by atoms with Crippen LogP contribution in [0.2, 0.25) is 25.7 Å². The number of hydrogen-bond donors (Lipinski definition) is 1. The summed E-state index contributed by atoms with van der Waals surface area (Å²) < 4.78 is 0. The van der Waals surface area contributed by atoms with Gasteiger partial charge in [-0.05, 0) is 6.04 Å². The number of allylic oxidation sites excluding steroid dienone is 1. The molecule has 0 aliphatic heterocycles. The highest BCUT2D eigenvalue weighted by Gasteiger charge is 2.09. The van der Waals surface area contributed by atoms with Gasteiger partial charge in [0.1, 0.15) is 0 Å². The van der Waals surface area contributed by atoms with Gasteiger partial charge in [0.05, 0.1) is 0 Å². The lowest BCUT2D eigenvalue weighted by Gasteiger charge is -2.10. The SMILES string of the molecule is C[Si](C)(C)C/C=C/C(=O)O. The minimum Gasteiger partial charge on any atom is -0.478 e. The summed E-state index contributed by atoms with van der Waals surface area (Å²) in [5, 5.41) is 8.24. The van der Waals surface area contributed by atoms with Crippen LogP contribution in [0.15, 0.2) is 12.2 Å². The second-order valence-corrected chi connectivity index (χ2v) is 9.03. The third-order valence-corrected chi connectivity index (χ3v) is 2.45. The lowest BCUT2D eigenvalue weighted by molar-refractivity contribution is -0.131. The van der Waals surface area contributed by atoms with Gasteiger partial charge in [0.2, 0.25) is 0 Å². The molecule has 0 unspecified atom stereocenters. The maximum atomic E-state index is 10.0. The number of rotatable bonds is 3. The quantitative estimate of drug-likeness (QED) is 0.503. The van der Waals surface area contributed by atoms with Crippen LogP contribution in [-0.4, -0.2) is 19.1 Å². The molecule has 0 fully saturated rings. The van der Waals surface area contributed by atoms with E-state index in [0.717, 1.165) is 6.04 Å². The van der Waals surface area contributed by atoms with E-state index < -0.39 is 14.0 Å². The Morgan fingerprint density at radius 2 is 2.00 bits per heavy atom. The van der Waals surface area contributed by atoms with Crippen molar-refractivity contribution in [3.8, 4) is 0 Å². The van der Waals surface area contributed by atoms with Gasteiger partial charge in [-0.25, -0.2) is 4.79 Å². The van der Waals surface area contributed by atoms with E-state index >= 15 is 0 Å². The Kier molecular flexibility index (Phi) is 3.36. The molecule has 1 N–H and O–H groups in total. The fraction of sp³-hybridized carbons (Fsp3) is 0.571. The molecule has 0 spiro atoms. The molecule has 0 aromatic carbocycles. The van der Waals surface area contributed by atoms with Gasteiger partial charge in [-0.3, -0.25) is 0 Å². The number of hydrogen-bond acceptors (Lipinski definition) is 1. The summed E-state index contributed by atoms with van der Waals surface area (Å²) in [4.78, 5) is 10.0. The van der Waals surface area contributed by atoms with Gasteiger partial charge in [0.15, 0.2) is 0 Å². The Labute approximate surface area is 62.6 Å². The highest BCUT2D eigenvalue weighted by molar-refractivity contribution is 6.76. The van der Waals surface area contributed by atoms with Gasteiger partial charge >= 0.3 is 5.97 Å². The van der Waals surface area contributed by atoms with Crippen molar-refractivity contribution in [3.63, 3.8) is 0 Å². The molecule has 0 bridgehead atoms. The molecule has 0 aliphatic rings. The van der Waals surface area contributed by atoms with Crippen molar-refractivity contribution in [2.75, 3.05) is 0 Å². The second kappa shape index (κ2) is 3.56. The first kappa shape index (κ1) is 9.43. The van der Waals surface area contributed by atoms with Crippen LogP contribution in [0.25, 0.3) is 0 Å². The molecule has 3 heteroatoms. The summed E-state index contributed by atoms with van der Waals surface area (Å²) in [5.74, 6) is -0.849. The monoisotopic (exact) mass is 158 g/mol. The fourth-order valence-corrected chi connectivity index (χ4v) is 1.34. The molecule has 0 amide bonds. The molecular formula is C7H14O2Si. The molecule has 58 valence electrons. The van der Waals surface area contributed by atoms with Crippen molar-refractivity contribution in [1.29, 1.82) is 0 Å². The molecule has 0 saturated heterocycles. The predicted octanol–water partition coefficient (Wildman–Crippen LogP) is 1.97. The van der Waals surface area contributed by atoms with Gasteiger partial charge in [-0.2, -0.15) is 0 Å². The minimum atomic E-state index is -1.07. The van der Waals surface area contributed by atoms with Crippen molar-refractivity contribution < 1.29 is 9.90 Å². The van der Waals surface area contributed by atoms with Gasteiger partial charge in [0, 0.05) is 14.1 Å². The molecule has 2 nitrogen and oxygen atoms in total. The lowest BCUT2D eigenvalue weighted by atomic mass is 10.5. The Morgan fingerprint density at radius 3 is 2.30 bits per heavy atom. The first-order chi connectivity index (χ1) is 4.42. The van der Waals surface area contributed by atoms with E-state index in [4.69, 9.17) is 5.11 Å². The lowest BCUT2D eigenvalue weighted by Crippen LogP contribution is -2.17. The molecule has 0 radical (unpaired) electrons. The Hall–Kier alpha value is -0.573. The zero-order valence-corrected chi connectivity index (χ0v) is 7.72. The number of aliphatic carboxylic acids is 1. The van der Waals surface area contributed by atoms with Crippen LogP contribution in [-0.2, 0) is 4.79 Å². The van der Waals surface area contributed by atoms with E-state index in [1.54, 1.807) is 6.08 Å². The van der Waals surface area contributed by atoms with Gasteiger partial charge in [0.25, 0.3) is 0 Å². The summed E-state index contributed by atoms with van der Waals surface area (Å²) in [7, 11) is -1.07. The van der Waals surface area contributed by atoms with E-state index in [2.05, 4.69) is 19.6 Å². The Balaban J connectivity index is 3.64. The predicted molar refractivity (Wildman–Crippen MR) is 44.9 cm³/mol. The summed E-state index contributed by atoms with van der Waals surface area (Å²) in [6, 6.07) is 0.944. The highest BCUT2D eigenvalue weighted by atomic mass is 28.3. The van der Waals surface area contributed by atoms with Gasteiger partial charge in [-0.15, -0.1) is 0 Å². The third-order valence-electron chi connectivity index (χ3n) is 0.991. The van der Waals surface area contributed by atoms with Crippen molar-refractivity contribution in [2.45, 2.75) is 25.7 Å². The number of carboxylic acids is 1. The summed E-state index contributed by atoms with van der Waals surface area (Å²) in [6.07, 6.45) is 2.97. The average Bonchev–Trinajstić information content (AvgIpc) is 1.59. The molecule has 10 heavy (non-hydrogen) atoms. The van der Waals surface area contributed by atoms with Crippen LogP contribution >= 0.6 is 0 Å². The van der Waals surface area contributed by atoms with Crippen LogP contribution in [0, 0.1) is 0 Å². The first-order valence-electron chi connectivity index (χ1n) is 3.31. The summed E-state index contributed by atoms with van der Waals surface area (Å²) >= 11 is 0.